The number of rotatable bonds is 13. The molecule has 0 fully saturated rings. The van der Waals surface area contributed by atoms with Crippen molar-refractivity contribution in [3.8, 4) is 17.5 Å². The van der Waals surface area contributed by atoms with Gasteiger partial charge in [-0.3, -0.25) is 4.79 Å². The summed E-state index contributed by atoms with van der Waals surface area (Å²) in [5, 5.41) is 19.4. The van der Waals surface area contributed by atoms with E-state index in [1.807, 2.05) is 38.4 Å². The van der Waals surface area contributed by atoms with Gasteiger partial charge in [0.2, 0.25) is 0 Å². The van der Waals surface area contributed by atoms with Crippen molar-refractivity contribution >= 4 is 5.97 Å². The molecule has 3 unspecified atom stereocenters. The first-order valence-electron chi connectivity index (χ1n) is 11.5. The lowest BCUT2D eigenvalue weighted by molar-refractivity contribution is -0.140. The molecule has 5 nitrogen and oxygen atoms in total. The molecular formula is C26H35N3O2. The molecule has 2 rings (SSSR count). The molecule has 166 valence electrons. The van der Waals surface area contributed by atoms with Gasteiger partial charge < -0.3 is 5.11 Å². The molecule has 0 aliphatic heterocycles. The van der Waals surface area contributed by atoms with E-state index in [1.165, 1.54) is 25.7 Å². The predicted octanol–water partition coefficient (Wildman–Crippen LogP) is 6.40. The molecule has 0 saturated heterocycles. The zero-order valence-corrected chi connectivity index (χ0v) is 19.1. The van der Waals surface area contributed by atoms with Crippen molar-refractivity contribution < 1.29 is 9.90 Å². The Kier molecular flexibility index (Phi) is 10.2. The third-order valence-corrected chi connectivity index (χ3v) is 5.93. The van der Waals surface area contributed by atoms with Crippen LogP contribution in [0.4, 0.5) is 0 Å². The van der Waals surface area contributed by atoms with E-state index in [2.05, 4.69) is 23.0 Å². The fraction of sp³-hybridized carbons (Fsp3) is 0.538. The molecule has 31 heavy (non-hydrogen) atoms. The number of hydrogen-bond donors (Lipinski definition) is 1. The third kappa shape index (κ3) is 7.17. The molecule has 0 saturated carbocycles. The Morgan fingerprint density at radius 2 is 1.68 bits per heavy atom. The van der Waals surface area contributed by atoms with E-state index < -0.39 is 17.8 Å². The summed E-state index contributed by atoms with van der Waals surface area (Å²) in [4.78, 5) is 21.0. The molecule has 3 atom stereocenters. The van der Waals surface area contributed by atoms with Gasteiger partial charge in [-0.05, 0) is 36.3 Å². The smallest absolute Gasteiger partial charge is 0.312 e. The highest BCUT2D eigenvalue weighted by atomic mass is 16.4. The molecule has 1 aromatic heterocycles. The van der Waals surface area contributed by atoms with Gasteiger partial charge in [-0.15, -0.1) is 0 Å². The number of hydrogen-bond acceptors (Lipinski definition) is 4. The summed E-state index contributed by atoms with van der Waals surface area (Å²) in [5.41, 5.74) is 2.64. The maximum Gasteiger partial charge on any atom is 0.312 e. The fourth-order valence-corrected chi connectivity index (χ4v) is 4.07. The van der Waals surface area contributed by atoms with Crippen LogP contribution in [0.5, 0.6) is 0 Å². The van der Waals surface area contributed by atoms with E-state index in [0.29, 0.717) is 11.4 Å². The van der Waals surface area contributed by atoms with Crippen LogP contribution in [0.2, 0.25) is 0 Å². The Balaban J connectivity index is 2.09. The van der Waals surface area contributed by atoms with Crippen LogP contribution in [0.1, 0.15) is 82.8 Å². The second-order valence-corrected chi connectivity index (χ2v) is 8.44. The Hall–Kier alpha value is -2.74. The molecule has 1 N–H and O–H groups in total. The van der Waals surface area contributed by atoms with Gasteiger partial charge in [0, 0.05) is 18.0 Å². The van der Waals surface area contributed by atoms with E-state index in [0.717, 1.165) is 36.8 Å². The number of nitrogens with zero attached hydrogens (tertiary/aromatic N) is 3. The first kappa shape index (κ1) is 24.5. The largest absolute Gasteiger partial charge is 0.481 e. The summed E-state index contributed by atoms with van der Waals surface area (Å²) in [6, 6.07) is 9.53. The van der Waals surface area contributed by atoms with Gasteiger partial charge in [-0.25, -0.2) is 9.97 Å². The minimum absolute atomic E-state index is 0.0219. The number of aryl methyl sites for hydroxylation is 1. The molecule has 1 heterocycles. The number of benzene rings is 1. The zero-order valence-electron chi connectivity index (χ0n) is 19.1. The lowest BCUT2D eigenvalue weighted by atomic mass is 9.77. The van der Waals surface area contributed by atoms with Gasteiger partial charge in [0.15, 0.2) is 5.82 Å². The highest BCUT2D eigenvalue weighted by Gasteiger charge is 2.33. The van der Waals surface area contributed by atoms with Crippen LogP contribution in [0.3, 0.4) is 0 Å². The van der Waals surface area contributed by atoms with Crippen molar-refractivity contribution in [2.45, 2.75) is 78.1 Å². The number of aromatic nitrogens is 2. The molecule has 0 aliphatic carbocycles. The van der Waals surface area contributed by atoms with Gasteiger partial charge >= 0.3 is 5.97 Å². The molecule has 1 aromatic carbocycles. The zero-order chi connectivity index (χ0) is 22.6. The molecule has 2 aromatic rings. The molecule has 0 amide bonds. The quantitative estimate of drug-likeness (QED) is 0.378. The maximum atomic E-state index is 12.0. The van der Waals surface area contributed by atoms with E-state index >= 15 is 0 Å². The summed E-state index contributed by atoms with van der Waals surface area (Å²) >= 11 is 0. The normalized spacial score (nSPS) is 13.9. The monoisotopic (exact) mass is 421 g/mol. The highest BCUT2D eigenvalue weighted by Crippen LogP contribution is 2.33. The van der Waals surface area contributed by atoms with Crippen molar-refractivity contribution in [3.63, 3.8) is 0 Å². The second-order valence-electron chi connectivity index (χ2n) is 8.44. The maximum absolute atomic E-state index is 12.0. The number of carboxylic acids is 1. The van der Waals surface area contributed by atoms with Crippen LogP contribution < -0.4 is 0 Å². The number of aliphatic carboxylic acids is 1. The summed E-state index contributed by atoms with van der Waals surface area (Å²) in [5.74, 6) is -1.70. The molecule has 0 radical (unpaired) electrons. The lowest BCUT2D eigenvalue weighted by Gasteiger charge is -2.24. The highest BCUT2D eigenvalue weighted by molar-refractivity contribution is 5.77. The van der Waals surface area contributed by atoms with E-state index in [9.17, 15) is 15.2 Å². The lowest BCUT2D eigenvalue weighted by Crippen LogP contribution is -2.25. The molecule has 0 spiro atoms. The average molecular weight is 422 g/mol. The summed E-state index contributed by atoms with van der Waals surface area (Å²) in [6.07, 6.45) is 12.7. The standard InChI is InChI=1S/C26H35N3O2/c1-4-6-7-8-9-11-20-17-28-25(29-18-20)22-14-12-21(13-15-22)24(26(30)31)23(16-27)19(3)10-5-2/h12-15,17-19,23-24H,4-11H2,1-3H3,(H,30,31). The first-order valence-corrected chi connectivity index (χ1v) is 11.5. The SMILES string of the molecule is CCCCCCCc1cnc(-c2ccc(C(C(=O)O)C(C#N)C(C)CCC)cc2)nc1. The van der Waals surface area contributed by atoms with Crippen molar-refractivity contribution in [2.24, 2.45) is 11.8 Å². The van der Waals surface area contributed by atoms with Gasteiger partial charge in [0.05, 0.1) is 17.9 Å². The van der Waals surface area contributed by atoms with Crippen molar-refractivity contribution in [3.05, 3.63) is 47.8 Å². The van der Waals surface area contributed by atoms with Gasteiger partial charge in [0.25, 0.3) is 0 Å². The van der Waals surface area contributed by atoms with Crippen LogP contribution in [0.25, 0.3) is 11.4 Å². The fourth-order valence-electron chi connectivity index (χ4n) is 4.07. The minimum atomic E-state index is -0.957. The van der Waals surface area contributed by atoms with Gasteiger partial charge in [-0.1, -0.05) is 77.1 Å². The summed E-state index contributed by atoms with van der Waals surface area (Å²) in [7, 11) is 0. The Bertz CT molecular complexity index is 840. The Morgan fingerprint density at radius 1 is 1.03 bits per heavy atom. The van der Waals surface area contributed by atoms with Gasteiger partial charge in [0.1, 0.15) is 0 Å². The van der Waals surface area contributed by atoms with Crippen LogP contribution >= 0.6 is 0 Å². The topological polar surface area (TPSA) is 86.9 Å². The molecule has 0 bridgehead atoms. The Labute approximate surface area is 186 Å². The minimum Gasteiger partial charge on any atom is -0.481 e. The van der Waals surface area contributed by atoms with E-state index in [1.54, 1.807) is 12.1 Å². The van der Waals surface area contributed by atoms with Crippen LogP contribution in [-0.2, 0) is 11.2 Å². The van der Waals surface area contributed by atoms with Crippen molar-refractivity contribution in [2.75, 3.05) is 0 Å². The van der Waals surface area contributed by atoms with Gasteiger partial charge in [-0.2, -0.15) is 5.26 Å². The van der Waals surface area contributed by atoms with Crippen LogP contribution in [0.15, 0.2) is 36.7 Å². The summed E-state index contributed by atoms with van der Waals surface area (Å²) < 4.78 is 0. The van der Waals surface area contributed by atoms with Crippen LogP contribution in [0, 0.1) is 23.2 Å². The number of carbonyl (C=O) groups is 1. The second kappa shape index (κ2) is 12.8. The van der Waals surface area contributed by atoms with E-state index in [-0.39, 0.29) is 5.92 Å². The van der Waals surface area contributed by atoms with Crippen molar-refractivity contribution in [1.29, 1.82) is 5.26 Å². The Morgan fingerprint density at radius 3 is 2.23 bits per heavy atom. The third-order valence-electron chi connectivity index (χ3n) is 5.93. The first-order chi connectivity index (χ1) is 15.0. The number of carboxylic acid groups (broad SMARTS) is 1. The average Bonchev–Trinajstić information content (AvgIpc) is 2.77. The summed E-state index contributed by atoms with van der Waals surface area (Å²) in [6.45, 7) is 6.23. The van der Waals surface area contributed by atoms with Crippen LogP contribution in [-0.4, -0.2) is 21.0 Å². The number of unbranched alkanes of at least 4 members (excludes halogenated alkanes) is 4. The van der Waals surface area contributed by atoms with Crippen molar-refractivity contribution in [1.82, 2.24) is 9.97 Å². The predicted molar refractivity (Wildman–Crippen MR) is 123 cm³/mol. The van der Waals surface area contributed by atoms with E-state index in [4.69, 9.17) is 0 Å². The number of nitriles is 1. The molecule has 5 heteroatoms. The molecule has 0 aliphatic rings. The molecular weight excluding hydrogens is 386 g/mol.